The maximum absolute atomic E-state index is 5.82. The van der Waals surface area contributed by atoms with E-state index >= 15 is 0 Å². The summed E-state index contributed by atoms with van der Waals surface area (Å²) < 4.78 is 11.2. The van der Waals surface area contributed by atoms with Gasteiger partial charge in [0.05, 0.1) is 12.7 Å². The van der Waals surface area contributed by atoms with Gasteiger partial charge < -0.3 is 9.15 Å². The fraction of sp³-hybridized carbons (Fsp3) is 0.263. The zero-order valence-electron chi connectivity index (χ0n) is 13.8. The van der Waals surface area contributed by atoms with Crippen molar-refractivity contribution in [1.29, 1.82) is 0 Å². The van der Waals surface area contributed by atoms with E-state index in [2.05, 4.69) is 43.1 Å². The number of aromatic nitrogens is 2. The van der Waals surface area contributed by atoms with Crippen molar-refractivity contribution in [3.05, 3.63) is 54.1 Å². The van der Waals surface area contributed by atoms with Crippen molar-refractivity contribution in [2.24, 2.45) is 0 Å². The van der Waals surface area contributed by atoms with E-state index in [0.717, 1.165) is 11.1 Å². The molecule has 0 unspecified atom stereocenters. The van der Waals surface area contributed by atoms with Crippen molar-refractivity contribution in [1.82, 2.24) is 10.2 Å². The Morgan fingerprint density at radius 1 is 0.870 bits per heavy atom. The van der Waals surface area contributed by atoms with Crippen molar-refractivity contribution < 1.29 is 9.15 Å². The predicted octanol–water partition coefficient (Wildman–Crippen LogP) is 4.71. The summed E-state index contributed by atoms with van der Waals surface area (Å²) in [5, 5.41) is 8.30. The standard InChI is InChI=1S/C19H20N2O2/c1-19(2,3)14-11-9-13(10-12-14)17-20-21-18(23-17)15-7-5-6-8-16(15)22-4/h5-12H,1-4H3. The summed E-state index contributed by atoms with van der Waals surface area (Å²) in [5.41, 5.74) is 3.09. The average Bonchev–Trinajstić information content (AvgIpc) is 3.04. The van der Waals surface area contributed by atoms with Crippen LogP contribution in [0.1, 0.15) is 26.3 Å². The number of hydrogen-bond acceptors (Lipinski definition) is 4. The van der Waals surface area contributed by atoms with Crippen LogP contribution in [-0.4, -0.2) is 17.3 Å². The van der Waals surface area contributed by atoms with Gasteiger partial charge in [0.1, 0.15) is 5.75 Å². The number of benzene rings is 2. The summed E-state index contributed by atoms with van der Waals surface area (Å²) in [6, 6.07) is 15.8. The van der Waals surface area contributed by atoms with Crippen molar-refractivity contribution >= 4 is 0 Å². The number of ether oxygens (including phenoxy) is 1. The van der Waals surface area contributed by atoms with E-state index < -0.39 is 0 Å². The molecule has 0 radical (unpaired) electrons. The smallest absolute Gasteiger partial charge is 0.251 e. The third-order valence-corrected chi connectivity index (χ3v) is 3.76. The van der Waals surface area contributed by atoms with E-state index in [1.807, 2.05) is 36.4 Å². The molecule has 0 bridgehead atoms. The lowest BCUT2D eigenvalue weighted by molar-refractivity contribution is 0.414. The molecule has 0 saturated carbocycles. The van der Waals surface area contributed by atoms with E-state index in [-0.39, 0.29) is 5.41 Å². The van der Waals surface area contributed by atoms with E-state index in [1.165, 1.54) is 5.56 Å². The van der Waals surface area contributed by atoms with Gasteiger partial charge in [-0.2, -0.15) is 0 Å². The molecular weight excluding hydrogens is 288 g/mol. The molecule has 0 aliphatic heterocycles. The van der Waals surface area contributed by atoms with Crippen LogP contribution in [0.5, 0.6) is 5.75 Å². The van der Waals surface area contributed by atoms with Gasteiger partial charge in [0.25, 0.3) is 5.89 Å². The lowest BCUT2D eigenvalue weighted by Gasteiger charge is -2.18. The van der Waals surface area contributed by atoms with Gasteiger partial charge in [0.15, 0.2) is 0 Å². The van der Waals surface area contributed by atoms with Gasteiger partial charge in [0.2, 0.25) is 5.89 Å². The molecule has 0 spiro atoms. The Kier molecular flexibility index (Phi) is 3.90. The summed E-state index contributed by atoms with van der Waals surface area (Å²) in [7, 11) is 1.63. The van der Waals surface area contributed by atoms with E-state index in [4.69, 9.17) is 9.15 Å². The molecule has 0 fully saturated rings. The first-order valence-corrected chi connectivity index (χ1v) is 7.57. The summed E-state index contributed by atoms with van der Waals surface area (Å²) >= 11 is 0. The van der Waals surface area contributed by atoms with Crippen LogP contribution >= 0.6 is 0 Å². The quantitative estimate of drug-likeness (QED) is 0.703. The molecule has 4 heteroatoms. The normalized spacial score (nSPS) is 11.5. The maximum atomic E-state index is 5.82. The Labute approximate surface area is 136 Å². The molecule has 0 N–H and O–H groups in total. The van der Waals surface area contributed by atoms with Crippen molar-refractivity contribution in [2.45, 2.75) is 26.2 Å². The fourth-order valence-electron chi connectivity index (χ4n) is 2.38. The van der Waals surface area contributed by atoms with E-state index in [1.54, 1.807) is 7.11 Å². The number of para-hydroxylation sites is 1. The van der Waals surface area contributed by atoms with Crippen LogP contribution in [-0.2, 0) is 5.41 Å². The third kappa shape index (κ3) is 3.11. The summed E-state index contributed by atoms with van der Waals surface area (Å²) in [5.74, 6) is 1.68. The average molecular weight is 308 g/mol. The van der Waals surface area contributed by atoms with Gasteiger partial charge in [-0.1, -0.05) is 45.0 Å². The monoisotopic (exact) mass is 308 g/mol. The maximum Gasteiger partial charge on any atom is 0.251 e. The number of nitrogens with zero attached hydrogens (tertiary/aromatic N) is 2. The van der Waals surface area contributed by atoms with Gasteiger partial charge in [0, 0.05) is 5.56 Å². The Bertz CT molecular complexity index is 799. The van der Waals surface area contributed by atoms with Crippen LogP contribution in [0.3, 0.4) is 0 Å². The highest BCUT2D eigenvalue weighted by atomic mass is 16.5. The van der Waals surface area contributed by atoms with Crippen LogP contribution in [0.4, 0.5) is 0 Å². The zero-order valence-corrected chi connectivity index (χ0v) is 13.8. The van der Waals surface area contributed by atoms with Crippen molar-refractivity contribution in [3.63, 3.8) is 0 Å². The summed E-state index contributed by atoms with van der Waals surface area (Å²) in [6.07, 6.45) is 0. The van der Waals surface area contributed by atoms with Crippen LogP contribution in [0.2, 0.25) is 0 Å². The van der Waals surface area contributed by atoms with Crippen molar-refractivity contribution in [3.8, 4) is 28.7 Å². The lowest BCUT2D eigenvalue weighted by atomic mass is 9.87. The Balaban J connectivity index is 1.93. The van der Waals surface area contributed by atoms with E-state index in [9.17, 15) is 0 Å². The number of rotatable bonds is 3. The number of hydrogen-bond donors (Lipinski definition) is 0. The minimum atomic E-state index is 0.121. The Morgan fingerprint density at radius 2 is 1.52 bits per heavy atom. The number of methoxy groups -OCH3 is 1. The van der Waals surface area contributed by atoms with E-state index in [0.29, 0.717) is 17.5 Å². The molecule has 0 aliphatic rings. The van der Waals surface area contributed by atoms with Gasteiger partial charge in [-0.25, -0.2) is 0 Å². The first-order valence-electron chi connectivity index (χ1n) is 7.57. The molecular formula is C19H20N2O2. The fourth-order valence-corrected chi connectivity index (χ4v) is 2.38. The molecule has 0 saturated heterocycles. The second-order valence-corrected chi connectivity index (χ2v) is 6.44. The molecule has 1 aromatic heterocycles. The largest absolute Gasteiger partial charge is 0.496 e. The van der Waals surface area contributed by atoms with Gasteiger partial charge in [-0.15, -0.1) is 10.2 Å². The molecule has 0 atom stereocenters. The molecule has 2 aromatic carbocycles. The minimum Gasteiger partial charge on any atom is -0.496 e. The van der Waals surface area contributed by atoms with Crippen LogP contribution in [0.15, 0.2) is 52.9 Å². The van der Waals surface area contributed by atoms with Gasteiger partial charge >= 0.3 is 0 Å². The molecule has 3 aromatic rings. The second-order valence-electron chi connectivity index (χ2n) is 6.44. The topological polar surface area (TPSA) is 48.2 Å². The third-order valence-electron chi connectivity index (χ3n) is 3.76. The highest BCUT2D eigenvalue weighted by Gasteiger charge is 2.16. The molecule has 0 amide bonds. The Morgan fingerprint density at radius 3 is 2.17 bits per heavy atom. The highest BCUT2D eigenvalue weighted by molar-refractivity contribution is 5.64. The highest BCUT2D eigenvalue weighted by Crippen LogP contribution is 2.31. The van der Waals surface area contributed by atoms with Gasteiger partial charge in [-0.3, -0.25) is 0 Å². The van der Waals surface area contributed by atoms with Crippen molar-refractivity contribution in [2.75, 3.05) is 7.11 Å². The van der Waals surface area contributed by atoms with Crippen LogP contribution < -0.4 is 4.74 Å². The summed E-state index contributed by atoms with van der Waals surface area (Å²) in [4.78, 5) is 0. The SMILES string of the molecule is COc1ccccc1-c1nnc(-c2ccc(C(C)(C)C)cc2)o1. The summed E-state index contributed by atoms with van der Waals surface area (Å²) in [6.45, 7) is 6.57. The molecule has 118 valence electrons. The van der Waals surface area contributed by atoms with Crippen LogP contribution in [0, 0.1) is 0 Å². The molecule has 4 nitrogen and oxygen atoms in total. The molecule has 0 aliphatic carbocycles. The second kappa shape index (κ2) is 5.88. The molecule has 1 heterocycles. The predicted molar refractivity (Wildman–Crippen MR) is 90.4 cm³/mol. The molecule has 23 heavy (non-hydrogen) atoms. The first kappa shape index (κ1) is 15.3. The zero-order chi connectivity index (χ0) is 16.4. The first-order chi connectivity index (χ1) is 11.0. The minimum absolute atomic E-state index is 0.121. The van der Waals surface area contributed by atoms with Gasteiger partial charge in [-0.05, 0) is 35.2 Å². The van der Waals surface area contributed by atoms with Crippen LogP contribution in [0.25, 0.3) is 22.9 Å². The lowest BCUT2D eigenvalue weighted by Crippen LogP contribution is -2.10. The molecule has 3 rings (SSSR count). The Hall–Kier alpha value is -2.62.